The summed E-state index contributed by atoms with van der Waals surface area (Å²) in [5.74, 6) is -3.95. The predicted molar refractivity (Wildman–Crippen MR) is 75.6 cm³/mol. The molecule has 1 atom stereocenters. The quantitative estimate of drug-likeness (QED) is 0.584. The molecule has 0 aromatic heterocycles. The number of nitrogens with zero attached hydrogens (tertiary/aromatic N) is 1. The third-order valence-corrected chi connectivity index (χ3v) is 4.28. The van der Waals surface area contributed by atoms with E-state index in [1.807, 2.05) is 0 Å². The van der Waals surface area contributed by atoms with Crippen LogP contribution in [0.15, 0.2) is 29.4 Å². The highest BCUT2D eigenvalue weighted by Gasteiger charge is 2.33. The van der Waals surface area contributed by atoms with E-state index in [9.17, 15) is 13.2 Å². The zero-order valence-electron chi connectivity index (χ0n) is 10.6. The molecule has 1 unspecified atom stereocenters. The van der Waals surface area contributed by atoms with E-state index < -0.39 is 23.4 Å². The Labute approximate surface area is 120 Å². The standard InChI is InChI=1S/C15H12F3NS/c16-10-6-9(7-11(17)14(10)18)13-12(20)4-5-19-15(13)8-2-1-3-8/h4-8,13H,1-3H2. The van der Waals surface area contributed by atoms with Gasteiger partial charge in [0.25, 0.3) is 0 Å². The van der Waals surface area contributed by atoms with Gasteiger partial charge in [-0.1, -0.05) is 18.6 Å². The largest absolute Gasteiger partial charge is 0.264 e. The molecule has 1 aliphatic carbocycles. The van der Waals surface area contributed by atoms with Gasteiger partial charge in [0.15, 0.2) is 17.5 Å². The lowest BCUT2D eigenvalue weighted by atomic mass is 9.73. The average Bonchev–Trinajstić information content (AvgIpc) is 2.33. The fraction of sp³-hybridized carbons (Fsp3) is 0.333. The summed E-state index contributed by atoms with van der Waals surface area (Å²) in [6.45, 7) is 0. The van der Waals surface area contributed by atoms with Crippen molar-refractivity contribution in [3.63, 3.8) is 0 Å². The van der Waals surface area contributed by atoms with Gasteiger partial charge in [0, 0.05) is 16.8 Å². The smallest absolute Gasteiger partial charge is 0.194 e. The number of thiocarbonyl (C=S) groups is 1. The van der Waals surface area contributed by atoms with Crippen LogP contribution in [0.1, 0.15) is 30.7 Å². The van der Waals surface area contributed by atoms with Gasteiger partial charge in [0.2, 0.25) is 0 Å². The second kappa shape index (κ2) is 5.13. The Kier molecular flexibility index (Phi) is 3.46. The first-order valence-corrected chi connectivity index (χ1v) is 6.91. The highest BCUT2D eigenvalue weighted by molar-refractivity contribution is 7.81. The van der Waals surface area contributed by atoms with Crippen LogP contribution in [0, 0.1) is 23.4 Å². The van der Waals surface area contributed by atoms with Gasteiger partial charge >= 0.3 is 0 Å². The van der Waals surface area contributed by atoms with Crippen LogP contribution in [0.3, 0.4) is 0 Å². The van der Waals surface area contributed by atoms with Crippen LogP contribution in [0.25, 0.3) is 0 Å². The summed E-state index contributed by atoms with van der Waals surface area (Å²) in [5.41, 5.74) is 1.18. The van der Waals surface area contributed by atoms with E-state index in [0.29, 0.717) is 16.3 Å². The molecule has 1 aromatic carbocycles. The molecule has 0 spiro atoms. The Morgan fingerprint density at radius 2 is 1.75 bits per heavy atom. The van der Waals surface area contributed by atoms with E-state index in [1.165, 1.54) is 0 Å². The third kappa shape index (κ3) is 2.20. The highest BCUT2D eigenvalue weighted by atomic mass is 32.1. The maximum Gasteiger partial charge on any atom is 0.194 e. The average molecular weight is 295 g/mol. The summed E-state index contributed by atoms with van der Waals surface area (Å²) in [6, 6.07) is 2.03. The summed E-state index contributed by atoms with van der Waals surface area (Å²) < 4.78 is 39.9. The molecular formula is C15H12F3NS. The van der Waals surface area contributed by atoms with E-state index in [2.05, 4.69) is 4.99 Å². The molecule has 1 saturated carbocycles. The molecule has 1 aliphatic heterocycles. The number of aliphatic imine (C=N–C) groups is 1. The number of benzene rings is 1. The minimum absolute atomic E-state index is 0.305. The van der Waals surface area contributed by atoms with Gasteiger partial charge in [-0.15, -0.1) is 0 Å². The molecule has 0 bridgehead atoms. The molecule has 1 heterocycles. The molecule has 1 fully saturated rings. The minimum atomic E-state index is -1.45. The van der Waals surface area contributed by atoms with Crippen LogP contribution >= 0.6 is 12.2 Å². The van der Waals surface area contributed by atoms with Crippen molar-refractivity contribution in [3.05, 3.63) is 47.4 Å². The van der Waals surface area contributed by atoms with Gasteiger partial charge in [0.05, 0.1) is 5.92 Å². The second-order valence-corrected chi connectivity index (χ2v) is 5.60. The molecule has 0 N–H and O–H groups in total. The van der Waals surface area contributed by atoms with Crippen molar-refractivity contribution in [1.82, 2.24) is 0 Å². The highest BCUT2D eigenvalue weighted by Crippen LogP contribution is 2.37. The van der Waals surface area contributed by atoms with Crippen LogP contribution in [-0.4, -0.2) is 10.6 Å². The maximum atomic E-state index is 13.4. The molecule has 0 amide bonds. The molecule has 3 rings (SSSR count). The molecule has 1 nitrogen and oxygen atoms in total. The molecule has 0 radical (unpaired) electrons. The lowest BCUT2D eigenvalue weighted by Gasteiger charge is -2.33. The van der Waals surface area contributed by atoms with E-state index >= 15 is 0 Å². The van der Waals surface area contributed by atoms with Gasteiger partial charge in [-0.05, 0) is 42.5 Å². The summed E-state index contributed by atoms with van der Waals surface area (Å²) >= 11 is 5.29. The fourth-order valence-electron chi connectivity index (χ4n) is 2.64. The van der Waals surface area contributed by atoms with Crippen molar-refractivity contribution < 1.29 is 13.2 Å². The number of hydrogen-bond donors (Lipinski definition) is 0. The van der Waals surface area contributed by atoms with Crippen molar-refractivity contribution in [2.45, 2.75) is 25.2 Å². The number of hydrogen-bond acceptors (Lipinski definition) is 2. The Balaban J connectivity index is 2.04. The van der Waals surface area contributed by atoms with Crippen LogP contribution < -0.4 is 0 Å². The first-order valence-electron chi connectivity index (χ1n) is 6.50. The zero-order chi connectivity index (χ0) is 14.3. The van der Waals surface area contributed by atoms with Crippen LogP contribution in [0.5, 0.6) is 0 Å². The van der Waals surface area contributed by atoms with Gasteiger partial charge in [-0.3, -0.25) is 4.99 Å². The Hall–Kier alpha value is -1.49. The molecular weight excluding hydrogens is 283 g/mol. The number of halogens is 3. The third-order valence-electron chi connectivity index (χ3n) is 3.91. The van der Waals surface area contributed by atoms with Crippen molar-refractivity contribution in [2.24, 2.45) is 10.9 Å². The lowest BCUT2D eigenvalue weighted by Crippen LogP contribution is -2.32. The Morgan fingerprint density at radius 1 is 1.10 bits per heavy atom. The van der Waals surface area contributed by atoms with E-state index in [-0.39, 0.29) is 0 Å². The summed E-state index contributed by atoms with van der Waals surface area (Å²) in [6.07, 6.45) is 6.43. The normalized spacial score (nSPS) is 22.6. The fourth-order valence-corrected chi connectivity index (χ4v) is 2.95. The predicted octanol–water partition coefficient (Wildman–Crippen LogP) is 4.33. The molecule has 20 heavy (non-hydrogen) atoms. The molecule has 2 aliphatic rings. The number of rotatable bonds is 2. The summed E-state index contributed by atoms with van der Waals surface area (Å²) in [4.78, 5) is 4.91. The van der Waals surface area contributed by atoms with Crippen molar-refractivity contribution in [2.75, 3.05) is 0 Å². The van der Waals surface area contributed by atoms with Gasteiger partial charge in [-0.25, -0.2) is 13.2 Å². The topological polar surface area (TPSA) is 12.4 Å². The molecule has 5 heteroatoms. The zero-order valence-corrected chi connectivity index (χ0v) is 11.4. The minimum Gasteiger partial charge on any atom is -0.264 e. The Morgan fingerprint density at radius 3 is 2.30 bits per heavy atom. The maximum absolute atomic E-state index is 13.4. The number of allylic oxidation sites excluding steroid dienone is 1. The SMILES string of the molecule is Fc1cc(C2C(=S)C=CN=C2C2CCC2)cc(F)c1F. The van der Waals surface area contributed by atoms with E-state index in [1.54, 1.807) is 12.3 Å². The van der Waals surface area contributed by atoms with Crippen LogP contribution in [0.2, 0.25) is 0 Å². The summed E-state index contributed by atoms with van der Waals surface area (Å²) in [5, 5.41) is 0. The summed E-state index contributed by atoms with van der Waals surface area (Å²) in [7, 11) is 0. The molecule has 1 aromatic rings. The second-order valence-electron chi connectivity index (χ2n) is 5.13. The first kappa shape index (κ1) is 13.5. The molecule has 104 valence electrons. The van der Waals surface area contributed by atoms with Crippen LogP contribution in [0.4, 0.5) is 13.2 Å². The first-order chi connectivity index (χ1) is 9.58. The van der Waals surface area contributed by atoms with Gasteiger partial charge < -0.3 is 0 Å². The van der Waals surface area contributed by atoms with Crippen LogP contribution in [-0.2, 0) is 0 Å². The van der Waals surface area contributed by atoms with Crippen molar-refractivity contribution >= 4 is 22.8 Å². The van der Waals surface area contributed by atoms with Crippen molar-refractivity contribution in [1.29, 1.82) is 0 Å². The van der Waals surface area contributed by atoms with Gasteiger partial charge in [0.1, 0.15) is 0 Å². The van der Waals surface area contributed by atoms with Crippen molar-refractivity contribution in [3.8, 4) is 0 Å². The Bertz CT molecular complexity index is 609. The van der Waals surface area contributed by atoms with E-state index in [4.69, 9.17) is 12.2 Å². The molecule has 0 saturated heterocycles. The van der Waals surface area contributed by atoms with Gasteiger partial charge in [-0.2, -0.15) is 0 Å². The lowest BCUT2D eigenvalue weighted by molar-refractivity contribution is 0.408. The monoisotopic (exact) mass is 295 g/mol. The van der Waals surface area contributed by atoms with E-state index in [0.717, 1.165) is 37.1 Å².